The molecule has 0 aliphatic heterocycles. The van der Waals surface area contributed by atoms with Gasteiger partial charge in [0.15, 0.2) is 11.8 Å². The van der Waals surface area contributed by atoms with Gasteiger partial charge in [0, 0.05) is 6.54 Å². The van der Waals surface area contributed by atoms with Gasteiger partial charge in [0.1, 0.15) is 5.82 Å². The second kappa shape index (κ2) is 9.36. The third-order valence-electron chi connectivity index (χ3n) is 3.90. The molecular weight excluding hydrogens is 381 g/mol. The number of benzene rings is 2. The van der Waals surface area contributed by atoms with E-state index in [4.69, 9.17) is 4.74 Å². The summed E-state index contributed by atoms with van der Waals surface area (Å²) < 4.78 is 20.6. The Hall–Kier alpha value is -2.87. The number of esters is 1. The van der Waals surface area contributed by atoms with Crippen molar-refractivity contribution in [3.05, 3.63) is 54.3 Å². The highest BCUT2D eigenvalue weighted by Crippen LogP contribution is 2.24. The quantitative estimate of drug-likeness (QED) is 0.458. The van der Waals surface area contributed by atoms with E-state index in [1.54, 1.807) is 6.07 Å². The summed E-state index contributed by atoms with van der Waals surface area (Å²) >= 11 is 1.26. The maximum atomic E-state index is 13.5. The van der Waals surface area contributed by atoms with Crippen LogP contribution in [-0.2, 0) is 20.9 Å². The molecule has 2 aromatic carbocycles. The van der Waals surface area contributed by atoms with Gasteiger partial charge in [-0.1, -0.05) is 43.0 Å². The first-order valence-electron chi connectivity index (χ1n) is 8.86. The van der Waals surface area contributed by atoms with Gasteiger partial charge in [0.2, 0.25) is 0 Å². The van der Waals surface area contributed by atoms with Crippen LogP contribution >= 0.6 is 11.8 Å². The van der Waals surface area contributed by atoms with Crippen LogP contribution in [0, 0.1) is 5.82 Å². The molecule has 0 spiro atoms. The molecule has 0 radical (unpaired) electrons. The maximum absolute atomic E-state index is 13.5. The van der Waals surface area contributed by atoms with Gasteiger partial charge < -0.3 is 14.6 Å². The number of aromatic nitrogens is 2. The minimum Gasteiger partial charge on any atom is -0.455 e. The molecule has 0 atom stereocenters. The molecule has 3 rings (SSSR count). The van der Waals surface area contributed by atoms with Gasteiger partial charge in [0.25, 0.3) is 5.91 Å². The van der Waals surface area contributed by atoms with Crippen LogP contribution in [0.2, 0.25) is 0 Å². The Balaban J connectivity index is 1.53. The highest BCUT2D eigenvalue weighted by atomic mass is 32.2. The number of anilines is 1. The number of hydrogen-bond donors (Lipinski definition) is 1. The lowest BCUT2D eigenvalue weighted by atomic mass is 10.3. The van der Waals surface area contributed by atoms with Crippen LogP contribution in [0.25, 0.3) is 11.0 Å². The Kier molecular flexibility index (Phi) is 6.65. The first kappa shape index (κ1) is 19.9. The van der Waals surface area contributed by atoms with Crippen molar-refractivity contribution in [3.63, 3.8) is 0 Å². The number of amides is 1. The average molecular weight is 401 g/mol. The number of hydrogen-bond acceptors (Lipinski definition) is 5. The second-order valence-electron chi connectivity index (χ2n) is 6.01. The number of para-hydroxylation sites is 3. The van der Waals surface area contributed by atoms with E-state index in [2.05, 4.69) is 21.8 Å². The molecule has 0 aliphatic rings. The number of aryl methyl sites for hydroxylation is 1. The number of rotatable bonds is 8. The van der Waals surface area contributed by atoms with Crippen LogP contribution in [0.4, 0.5) is 10.1 Å². The summed E-state index contributed by atoms with van der Waals surface area (Å²) in [5.74, 6) is -1.65. The SMILES string of the molecule is CCCn1c(SCC(=O)OCC(=O)Nc2ccccc2F)nc2ccccc21. The van der Waals surface area contributed by atoms with E-state index in [1.807, 2.05) is 24.3 Å². The summed E-state index contributed by atoms with van der Waals surface area (Å²) in [4.78, 5) is 28.4. The fourth-order valence-corrected chi connectivity index (χ4v) is 3.50. The molecule has 3 aromatic rings. The maximum Gasteiger partial charge on any atom is 0.316 e. The predicted octanol–water partition coefficient (Wildman–Crippen LogP) is 3.86. The molecule has 0 bridgehead atoms. The van der Waals surface area contributed by atoms with Gasteiger partial charge in [-0.25, -0.2) is 9.37 Å². The average Bonchev–Trinajstić information content (AvgIpc) is 3.04. The number of carbonyl (C=O) groups excluding carboxylic acids is 2. The third-order valence-corrected chi connectivity index (χ3v) is 4.85. The lowest BCUT2D eigenvalue weighted by Gasteiger charge is -2.08. The number of nitrogens with one attached hydrogen (secondary N) is 1. The number of fused-ring (bicyclic) bond motifs is 1. The van der Waals surface area contributed by atoms with E-state index in [1.165, 1.54) is 30.0 Å². The molecule has 6 nitrogen and oxygen atoms in total. The van der Waals surface area contributed by atoms with Crippen molar-refractivity contribution in [2.24, 2.45) is 0 Å². The summed E-state index contributed by atoms with van der Waals surface area (Å²) in [6, 6.07) is 13.6. The summed E-state index contributed by atoms with van der Waals surface area (Å²) in [5, 5.41) is 3.10. The zero-order chi connectivity index (χ0) is 19.9. The molecule has 0 fully saturated rings. The Morgan fingerprint density at radius 2 is 1.93 bits per heavy atom. The fourth-order valence-electron chi connectivity index (χ4n) is 2.66. The zero-order valence-electron chi connectivity index (χ0n) is 15.4. The van der Waals surface area contributed by atoms with Crippen LogP contribution in [0.15, 0.2) is 53.7 Å². The smallest absolute Gasteiger partial charge is 0.316 e. The van der Waals surface area contributed by atoms with E-state index >= 15 is 0 Å². The molecule has 0 aliphatic carbocycles. The van der Waals surface area contributed by atoms with Crippen molar-refractivity contribution >= 4 is 40.4 Å². The molecule has 1 N–H and O–H groups in total. The van der Waals surface area contributed by atoms with Crippen molar-refractivity contribution in [2.75, 3.05) is 17.7 Å². The first-order chi connectivity index (χ1) is 13.6. The molecule has 1 amide bonds. The van der Waals surface area contributed by atoms with Crippen molar-refractivity contribution < 1.29 is 18.7 Å². The molecule has 28 heavy (non-hydrogen) atoms. The minimum absolute atomic E-state index is 0.0278. The van der Waals surface area contributed by atoms with Crippen molar-refractivity contribution in [3.8, 4) is 0 Å². The zero-order valence-corrected chi connectivity index (χ0v) is 16.2. The molecule has 146 valence electrons. The minimum atomic E-state index is -0.596. The van der Waals surface area contributed by atoms with E-state index in [0.717, 1.165) is 29.2 Å². The molecular formula is C20H20FN3O3S. The van der Waals surface area contributed by atoms with Gasteiger partial charge in [-0.2, -0.15) is 0 Å². The molecule has 8 heteroatoms. The van der Waals surface area contributed by atoms with Crippen LogP contribution in [-0.4, -0.2) is 33.8 Å². The van der Waals surface area contributed by atoms with E-state index in [0.29, 0.717) is 0 Å². The van der Waals surface area contributed by atoms with Crippen LogP contribution in [0.5, 0.6) is 0 Å². The normalized spacial score (nSPS) is 10.8. The fraction of sp³-hybridized carbons (Fsp3) is 0.250. The summed E-state index contributed by atoms with van der Waals surface area (Å²) in [7, 11) is 0. The lowest BCUT2D eigenvalue weighted by molar-refractivity contribution is -0.144. The van der Waals surface area contributed by atoms with E-state index in [9.17, 15) is 14.0 Å². The molecule has 1 heterocycles. The Morgan fingerprint density at radius 1 is 1.18 bits per heavy atom. The molecule has 1 aromatic heterocycles. The second-order valence-corrected chi connectivity index (χ2v) is 6.95. The summed E-state index contributed by atoms with van der Waals surface area (Å²) in [5.41, 5.74) is 1.94. The molecule has 0 saturated carbocycles. The molecule has 0 unspecified atom stereocenters. The monoisotopic (exact) mass is 401 g/mol. The van der Waals surface area contributed by atoms with E-state index < -0.39 is 24.3 Å². The van der Waals surface area contributed by atoms with Gasteiger partial charge >= 0.3 is 5.97 Å². The van der Waals surface area contributed by atoms with Crippen molar-refractivity contribution in [2.45, 2.75) is 25.0 Å². The van der Waals surface area contributed by atoms with Crippen LogP contribution in [0.1, 0.15) is 13.3 Å². The summed E-state index contributed by atoms with van der Waals surface area (Å²) in [6.45, 7) is 2.40. The number of halogens is 1. The highest BCUT2D eigenvalue weighted by Gasteiger charge is 2.14. The van der Waals surface area contributed by atoms with Crippen LogP contribution < -0.4 is 5.32 Å². The number of nitrogens with zero attached hydrogens (tertiary/aromatic N) is 2. The lowest BCUT2D eigenvalue weighted by Crippen LogP contribution is -2.22. The van der Waals surface area contributed by atoms with Crippen molar-refractivity contribution in [1.29, 1.82) is 0 Å². The Morgan fingerprint density at radius 3 is 2.71 bits per heavy atom. The number of carbonyl (C=O) groups is 2. The van der Waals surface area contributed by atoms with E-state index in [-0.39, 0.29) is 11.4 Å². The standard InChI is InChI=1S/C20H20FN3O3S/c1-2-11-24-17-10-6-5-9-16(17)23-20(24)28-13-19(26)27-12-18(25)22-15-8-4-3-7-14(15)21/h3-10H,2,11-13H2,1H3,(H,22,25). The molecule has 0 saturated heterocycles. The Bertz CT molecular complexity index is 990. The number of thioether (sulfide) groups is 1. The van der Waals surface area contributed by atoms with Gasteiger partial charge in [-0.3, -0.25) is 9.59 Å². The number of imidazole rings is 1. The number of ether oxygens (including phenoxy) is 1. The van der Waals surface area contributed by atoms with Gasteiger partial charge in [0.05, 0.1) is 22.5 Å². The summed E-state index contributed by atoms with van der Waals surface area (Å²) in [6.07, 6.45) is 0.939. The topological polar surface area (TPSA) is 73.2 Å². The van der Waals surface area contributed by atoms with Crippen molar-refractivity contribution in [1.82, 2.24) is 9.55 Å². The van der Waals surface area contributed by atoms with Gasteiger partial charge in [-0.15, -0.1) is 0 Å². The highest BCUT2D eigenvalue weighted by molar-refractivity contribution is 7.99. The largest absolute Gasteiger partial charge is 0.455 e. The first-order valence-corrected chi connectivity index (χ1v) is 9.85. The van der Waals surface area contributed by atoms with Crippen LogP contribution in [0.3, 0.4) is 0 Å². The van der Waals surface area contributed by atoms with Gasteiger partial charge in [-0.05, 0) is 30.7 Å². The predicted molar refractivity (Wildman–Crippen MR) is 107 cm³/mol. The Labute approximate surface area is 166 Å². The third kappa shape index (κ3) is 4.89.